The van der Waals surface area contributed by atoms with E-state index in [1.807, 2.05) is 0 Å². The van der Waals surface area contributed by atoms with Gasteiger partial charge in [0, 0.05) is 19.4 Å². The zero-order valence-electron chi connectivity index (χ0n) is 33.5. The smallest absolute Gasteiger partial charge is 0.462 e. The third-order valence-corrected chi connectivity index (χ3v) is 9.36. The van der Waals surface area contributed by atoms with Crippen LogP contribution < -0.4 is 5.73 Å². The molecular formula is C43H76NO8P. The second-order valence-corrected chi connectivity index (χ2v) is 14.9. The maximum absolute atomic E-state index is 12.5. The molecule has 0 heterocycles. The van der Waals surface area contributed by atoms with Crippen LogP contribution in [0.1, 0.15) is 168 Å². The van der Waals surface area contributed by atoms with Crippen LogP contribution in [0, 0.1) is 0 Å². The van der Waals surface area contributed by atoms with E-state index in [2.05, 4.69) is 74.6 Å². The third-order valence-electron chi connectivity index (χ3n) is 8.38. The predicted octanol–water partition coefficient (Wildman–Crippen LogP) is 11.7. The van der Waals surface area contributed by atoms with Gasteiger partial charge in [-0.1, -0.05) is 132 Å². The molecule has 53 heavy (non-hydrogen) atoms. The molecule has 0 aromatic carbocycles. The van der Waals surface area contributed by atoms with Crippen LogP contribution in [0.15, 0.2) is 60.8 Å². The second kappa shape index (κ2) is 39.4. The van der Waals surface area contributed by atoms with Crippen LogP contribution >= 0.6 is 7.82 Å². The molecule has 10 heteroatoms. The average Bonchev–Trinajstić information content (AvgIpc) is 3.14. The lowest BCUT2D eigenvalue weighted by Gasteiger charge is -2.19. The summed E-state index contributed by atoms with van der Waals surface area (Å²) in [6.07, 6.45) is 45.3. The molecule has 0 radical (unpaired) electrons. The molecule has 0 bridgehead atoms. The third kappa shape index (κ3) is 39.2. The average molecular weight is 766 g/mol. The first-order chi connectivity index (χ1) is 25.8. The first-order valence-corrected chi connectivity index (χ1v) is 22.3. The quantitative estimate of drug-likeness (QED) is 0.0272. The molecule has 3 N–H and O–H groups in total. The van der Waals surface area contributed by atoms with Crippen LogP contribution in [0.2, 0.25) is 0 Å². The van der Waals surface area contributed by atoms with Crippen molar-refractivity contribution in [3.8, 4) is 0 Å². The van der Waals surface area contributed by atoms with Crippen LogP contribution in [-0.4, -0.2) is 49.3 Å². The van der Waals surface area contributed by atoms with Crippen LogP contribution in [0.4, 0.5) is 0 Å². The lowest BCUT2D eigenvalue weighted by molar-refractivity contribution is -0.161. The number of unbranched alkanes of at least 4 members (excludes halogenated alkanes) is 15. The van der Waals surface area contributed by atoms with Gasteiger partial charge in [0.2, 0.25) is 0 Å². The summed E-state index contributed by atoms with van der Waals surface area (Å²) >= 11 is 0. The normalized spacial score (nSPS) is 14.0. The fourth-order valence-electron chi connectivity index (χ4n) is 5.26. The Kier molecular flexibility index (Phi) is 37.7. The van der Waals surface area contributed by atoms with Gasteiger partial charge in [-0.05, 0) is 83.5 Å². The van der Waals surface area contributed by atoms with E-state index in [9.17, 15) is 19.0 Å². The van der Waals surface area contributed by atoms with Crippen molar-refractivity contribution in [1.82, 2.24) is 0 Å². The van der Waals surface area contributed by atoms with Gasteiger partial charge in [0.05, 0.1) is 13.2 Å². The first kappa shape index (κ1) is 50.7. The molecule has 0 aromatic heterocycles. The number of carbonyl (C=O) groups is 2. The summed E-state index contributed by atoms with van der Waals surface area (Å²) in [7, 11) is -4.39. The molecule has 0 rings (SSSR count). The monoisotopic (exact) mass is 766 g/mol. The molecule has 1 unspecified atom stereocenters. The molecule has 0 spiro atoms. The molecule has 0 aromatic rings. The minimum Gasteiger partial charge on any atom is -0.462 e. The van der Waals surface area contributed by atoms with E-state index >= 15 is 0 Å². The van der Waals surface area contributed by atoms with Crippen LogP contribution in [0.5, 0.6) is 0 Å². The highest BCUT2D eigenvalue weighted by molar-refractivity contribution is 7.47. The number of rotatable bonds is 38. The molecule has 2 atom stereocenters. The fourth-order valence-corrected chi connectivity index (χ4v) is 6.02. The standard InChI is InChI=1S/C43H76NO8P/c1-3-5-7-9-11-13-15-17-19-20-22-23-25-27-29-31-33-35-42(45)49-39-41(40-51-53(47,48)50-38-37-44)52-43(46)36-34-32-30-28-26-24-21-18-16-14-12-10-8-6-4-2/h11-14,17-19,21,26,28,41H,3-10,15-16,20,22-25,27,29-40,44H2,1-2H3,(H,47,48)/b13-11+,14-12+,19-17+,21-18+,28-26+/t41-/m1/s1. The van der Waals surface area contributed by atoms with Crippen molar-refractivity contribution in [3.63, 3.8) is 0 Å². The Balaban J connectivity index is 4.26. The van der Waals surface area contributed by atoms with Gasteiger partial charge < -0.3 is 20.1 Å². The molecular weight excluding hydrogens is 689 g/mol. The van der Waals surface area contributed by atoms with E-state index in [-0.39, 0.29) is 32.6 Å². The number of esters is 2. The van der Waals surface area contributed by atoms with Gasteiger partial charge in [0.15, 0.2) is 6.10 Å². The van der Waals surface area contributed by atoms with Gasteiger partial charge in [-0.3, -0.25) is 18.6 Å². The molecule has 9 nitrogen and oxygen atoms in total. The number of phosphoric ester groups is 1. The zero-order valence-corrected chi connectivity index (χ0v) is 34.4. The maximum atomic E-state index is 12.5. The zero-order chi connectivity index (χ0) is 38.9. The molecule has 306 valence electrons. The molecule has 0 aliphatic carbocycles. The number of nitrogens with two attached hydrogens (primary N) is 1. The Morgan fingerprint density at radius 2 is 0.981 bits per heavy atom. The fraction of sp³-hybridized carbons (Fsp3) is 0.721. The van der Waals surface area contributed by atoms with Crippen molar-refractivity contribution in [2.45, 2.75) is 174 Å². The van der Waals surface area contributed by atoms with Crippen molar-refractivity contribution < 1.29 is 37.6 Å². The summed E-state index contributed by atoms with van der Waals surface area (Å²) in [5, 5.41) is 0. The number of ether oxygens (including phenoxy) is 2. The van der Waals surface area contributed by atoms with Gasteiger partial charge in [-0.25, -0.2) is 4.57 Å². The van der Waals surface area contributed by atoms with E-state index in [0.29, 0.717) is 12.8 Å². The van der Waals surface area contributed by atoms with Crippen molar-refractivity contribution in [3.05, 3.63) is 60.8 Å². The van der Waals surface area contributed by atoms with Gasteiger partial charge in [0.1, 0.15) is 6.61 Å². The predicted molar refractivity (Wildman–Crippen MR) is 219 cm³/mol. The minimum absolute atomic E-state index is 0.0435. The lowest BCUT2D eigenvalue weighted by atomic mass is 10.1. The number of allylic oxidation sites excluding steroid dienone is 10. The Morgan fingerprint density at radius 3 is 1.49 bits per heavy atom. The van der Waals surface area contributed by atoms with Crippen molar-refractivity contribution >= 4 is 19.8 Å². The molecule has 0 fully saturated rings. The SMILES string of the molecule is CCCCC/C=C/C/C=C/C/C=C/CCCCC(=O)O[C@H](COC(=O)CCCCCCCCC/C=C/C/C=C/CCCCC)COP(=O)(O)OCCN. The molecule has 0 aliphatic rings. The van der Waals surface area contributed by atoms with E-state index in [1.165, 1.54) is 64.2 Å². The molecule has 0 amide bonds. The Bertz CT molecular complexity index is 1050. The number of hydrogen-bond acceptors (Lipinski definition) is 8. The maximum Gasteiger partial charge on any atom is 0.472 e. The van der Waals surface area contributed by atoms with Gasteiger partial charge in [-0.15, -0.1) is 0 Å². The Morgan fingerprint density at radius 1 is 0.566 bits per heavy atom. The van der Waals surface area contributed by atoms with Crippen LogP contribution in [0.3, 0.4) is 0 Å². The van der Waals surface area contributed by atoms with Gasteiger partial charge in [0.25, 0.3) is 0 Å². The number of hydrogen-bond donors (Lipinski definition) is 2. The lowest BCUT2D eigenvalue weighted by Crippen LogP contribution is -2.29. The highest BCUT2D eigenvalue weighted by atomic mass is 31.2. The van der Waals surface area contributed by atoms with Gasteiger partial charge in [-0.2, -0.15) is 0 Å². The van der Waals surface area contributed by atoms with E-state index < -0.39 is 32.5 Å². The van der Waals surface area contributed by atoms with Crippen LogP contribution in [-0.2, 0) is 32.7 Å². The highest BCUT2D eigenvalue weighted by Crippen LogP contribution is 2.43. The summed E-state index contributed by atoms with van der Waals surface area (Å²) in [5.41, 5.74) is 5.34. The summed E-state index contributed by atoms with van der Waals surface area (Å²) in [4.78, 5) is 34.8. The minimum atomic E-state index is -4.39. The first-order valence-electron chi connectivity index (χ1n) is 20.8. The Labute approximate surface area is 323 Å². The summed E-state index contributed by atoms with van der Waals surface area (Å²) in [6.45, 7) is 3.61. The second-order valence-electron chi connectivity index (χ2n) is 13.5. The summed E-state index contributed by atoms with van der Waals surface area (Å²) in [6, 6.07) is 0. The Hall–Kier alpha value is -2.29. The van der Waals surface area contributed by atoms with Crippen molar-refractivity contribution in [2.24, 2.45) is 5.73 Å². The van der Waals surface area contributed by atoms with E-state index in [0.717, 1.165) is 64.2 Å². The molecule has 0 aliphatic heterocycles. The summed E-state index contributed by atoms with van der Waals surface area (Å²) < 4.78 is 32.7. The van der Waals surface area contributed by atoms with Crippen molar-refractivity contribution in [1.29, 1.82) is 0 Å². The number of phosphoric acid groups is 1. The largest absolute Gasteiger partial charge is 0.472 e. The topological polar surface area (TPSA) is 134 Å². The van der Waals surface area contributed by atoms with Crippen molar-refractivity contribution in [2.75, 3.05) is 26.4 Å². The summed E-state index contributed by atoms with van der Waals surface area (Å²) in [5.74, 6) is -0.887. The van der Waals surface area contributed by atoms with E-state index in [4.69, 9.17) is 24.3 Å². The molecule has 0 saturated heterocycles. The highest BCUT2D eigenvalue weighted by Gasteiger charge is 2.25. The number of carbonyl (C=O) groups excluding carboxylic acids is 2. The van der Waals surface area contributed by atoms with Crippen LogP contribution in [0.25, 0.3) is 0 Å². The van der Waals surface area contributed by atoms with E-state index in [1.54, 1.807) is 0 Å². The van der Waals surface area contributed by atoms with Gasteiger partial charge >= 0.3 is 19.8 Å². The molecule has 0 saturated carbocycles.